The standard InChI is InChI=1S/C17H16O3/c1-18-13-5-3-12(4-6-13)15-9-10-20-17-11-14(19-2)7-8-16(15)17/h3-9,11H,10H2,1-2H3. The molecule has 2 aromatic carbocycles. The van der Waals surface area contributed by atoms with Crippen molar-refractivity contribution in [1.82, 2.24) is 0 Å². The summed E-state index contributed by atoms with van der Waals surface area (Å²) in [4.78, 5) is 0. The number of ether oxygens (including phenoxy) is 3. The zero-order valence-electron chi connectivity index (χ0n) is 11.6. The largest absolute Gasteiger partial charge is 0.497 e. The molecule has 0 saturated heterocycles. The van der Waals surface area contributed by atoms with Crippen LogP contribution in [0, 0.1) is 0 Å². The lowest BCUT2D eigenvalue weighted by atomic mass is 9.95. The zero-order chi connectivity index (χ0) is 13.9. The SMILES string of the molecule is COc1ccc(C2=CCOc3cc(OC)ccc32)cc1. The lowest BCUT2D eigenvalue weighted by Gasteiger charge is -2.19. The van der Waals surface area contributed by atoms with Crippen molar-refractivity contribution in [3.05, 3.63) is 59.7 Å². The smallest absolute Gasteiger partial charge is 0.131 e. The van der Waals surface area contributed by atoms with E-state index in [-0.39, 0.29) is 0 Å². The van der Waals surface area contributed by atoms with Crippen LogP contribution in [0.4, 0.5) is 0 Å². The van der Waals surface area contributed by atoms with Crippen molar-refractivity contribution < 1.29 is 14.2 Å². The molecule has 0 fully saturated rings. The maximum atomic E-state index is 5.68. The fraction of sp³-hybridized carbons (Fsp3) is 0.176. The first kappa shape index (κ1) is 12.6. The van der Waals surface area contributed by atoms with E-state index in [1.165, 1.54) is 5.57 Å². The topological polar surface area (TPSA) is 27.7 Å². The highest BCUT2D eigenvalue weighted by Gasteiger charge is 2.16. The Labute approximate surface area is 118 Å². The lowest BCUT2D eigenvalue weighted by Crippen LogP contribution is -2.05. The summed E-state index contributed by atoms with van der Waals surface area (Å²) in [6, 6.07) is 14.0. The molecule has 0 N–H and O–H groups in total. The Morgan fingerprint density at radius 2 is 1.60 bits per heavy atom. The molecule has 0 spiro atoms. The van der Waals surface area contributed by atoms with E-state index in [0.29, 0.717) is 6.61 Å². The minimum atomic E-state index is 0.571. The van der Waals surface area contributed by atoms with E-state index in [1.807, 2.05) is 30.3 Å². The van der Waals surface area contributed by atoms with Gasteiger partial charge in [0.25, 0.3) is 0 Å². The molecule has 0 bridgehead atoms. The summed E-state index contributed by atoms with van der Waals surface area (Å²) in [5.41, 5.74) is 3.42. The molecule has 1 aliphatic heterocycles. The number of benzene rings is 2. The first-order valence-corrected chi connectivity index (χ1v) is 6.47. The van der Waals surface area contributed by atoms with E-state index in [2.05, 4.69) is 18.2 Å². The molecule has 3 heteroatoms. The Morgan fingerprint density at radius 3 is 2.30 bits per heavy atom. The summed E-state index contributed by atoms with van der Waals surface area (Å²) in [7, 11) is 3.33. The molecule has 1 heterocycles. The van der Waals surface area contributed by atoms with Crippen LogP contribution in [-0.2, 0) is 0 Å². The molecule has 3 rings (SSSR count). The van der Waals surface area contributed by atoms with Crippen LogP contribution in [0.25, 0.3) is 5.57 Å². The number of hydrogen-bond acceptors (Lipinski definition) is 3. The van der Waals surface area contributed by atoms with Crippen LogP contribution in [0.2, 0.25) is 0 Å². The minimum absolute atomic E-state index is 0.571. The van der Waals surface area contributed by atoms with Crippen molar-refractivity contribution in [3.8, 4) is 17.2 Å². The molecule has 3 nitrogen and oxygen atoms in total. The van der Waals surface area contributed by atoms with Crippen LogP contribution in [-0.4, -0.2) is 20.8 Å². The van der Waals surface area contributed by atoms with Gasteiger partial charge in [-0.3, -0.25) is 0 Å². The van der Waals surface area contributed by atoms with Crippen LogP contribution in [0.1, 0.15) is 11.1 Å². The highest BCUT2D eigenvalue weighted by atomic mass is 16.5. The molecule has 0 saturated carbocycles. The molecule has 102 valence electrons. The van der Waals surface area contributed by atoms with Gasteiger partial charge in [-0.05, 0) is 41.5 Å². The first-order valence-electron chi connectivity index (χ1n) is 6.47. The van der Waals surface area contributed by atoms with Crippen LogP contribution in [0.3, 0.4) is 0 Å². The molecular weight excluding hydrogens is 252 g/mol. The lowest BCUT2D eigenvalue weighted by molar-refractivity contribution is 0.352. The van der Waals surface area contributed by atoms with Crippen molar-refractivity contribution in [2.75, 3.05) is 20.8 Å². The average Bonchev–Trinajstić information content (AvgIpc) is 2.54. The monoisotopic (exact) mass is 268 g/mol. The second kappa shape index (κ2) is 5.29. The van der Waals surface area contributed by atoms with Gasteiger partial charge in [0.1, 0.15) is 23.9 Å². The summed E-state index contributed by atoms with van der Waals surface area (Å²) >= 11 is 0. The number of fused-ring (bicyclic) bond motifs is 1. The maximum absolute atomic E-state index is 5.68. The van der Waals surface area contributed by atoms with Crippen LogP contribution < -0.4 is 14.2 Å². The Kier molecular flexibility index (Phi) is 3.33. The van der Waals surface area contributed by atoms with E-state index in [9.17, 15) is 0 Å². The van der Waals surface area contributed by atoms with Gasteiger partial charge in [0.2, 0.25) is 0 Å². The third-order valence-electron chi connectivity index (χ3n) is 3.41. The predicted molar refractivity (Wildman–Crippen MR) is 78.6 cm³/mol. The number of rotatable bonds is 3. The van der Waals surface area contributed by atoms with Gasteiger partial charge in [0.05, 0.1) is 14.2 Å². The Balaban J connectivity index is 2.01. The fourth-order valence-corrected chi connectivity index (χ4v) is 2.34. The van der Waals surface area contributed by atoms with Crippen molar-refractivity contribution >= 4 is 5.57 Å². The van der Waals surface area contributed by atoms with Crippen molar-refractivity contribution in [1.29, 1.82) is 0 Å². The fourth-order valence-electron chi connectivity index (χ4n) is 2.34. The molecule has 0 unspecified atom stereocenters. The first-order chi connectivity index (χ1) is 9.81. The van der Waals surface area contributed by atoms with Crippen LogP contribution in [0.15, 0.2) is 48.5 Å². The maximum Gasteiger partial charge on any atom is 0.131 e. The van der Waals surface area contributed by atoms with Gasteiger partial charge in [-0.25, -0.2) is 0 Å². The molecule has 20 heavy (non-hydrogen) atoms. The summed E-state index contributed by atoms with van der Waals surface area (Å²) in [6.45, 7) is 0.571. The quantitative estimate of drug-likeness (QED) is 0.852. The van der Waals surface area contributed by atoms with E-state index >= 15 is 0 Å². The molecule has 0 radical (unpaired) electrons. The Bertz CT molecular complexity index is 642. The Morgan fingerprint density at radius 1 is 0.900 bits per heavy atom. The van der Waals surface area contributed by atoms with Gasteiger partial charge in [0, 0.05) is 11.6 Å². The normalized spacial score (nSPS) is 13.0. The van der Waals surface area contributed by atoms with Gasteiger partial charge in [0.15, 0.2) is 0 Å². The molecule has 0 atom stereocenters. The third-order valence-corrected chi connectivity index (χ3v) is 3.41. The molecule has 1 aliphatic rings. The van der Waals surface area contributed by atoms with Gasteiger partial charge in [-0.1, -0.05) is 12.1 Å². The molecule has 0 aliphatic carbocycles. The summed E-state index contributed by atoms with van der Waals surface area (Å²) in [5.74, 6) is 2.52. The molecular formula is C17H16O3. The summed E-state index contributed by atoms with van der Waals surface area (Å²) in [5, 5.41) is 0. The highest BCUT2D eigenvalue weighted by Crippen LogP contribution is 2.36. The van der Waals surface area contributed by atoms with E-state index in [1.54, 1.807) is 14.2 Å². The highest BCUT2D eigenvalue weighted by molar-refractivity contribution is 5.84. The van der Waals surface area contributed by atoms with Crippen molar-refractivity contribution in [3.63, 3.8) is 0 Å². The summed E-state index contributed by atoms with van der Waals surface area (Å²) < 4.78 is 16.1. The molecule has 2 aromatic rings. The summed E-state index contributed by atoms with van der Waals surface area (Å²) in [6.07, 6.45) is 2.09. The van der Waals surface area contributed by atoms with E-state index < -0.39 is 0 Å². The predicted octanol–water partition coefficient (Wildman–Crippen LogP) is 3.53. The van der Waals surface area contributed by atoms with E-state index in [4.69, 9.17) is 14.2 Å². The van der Waals surface area contributed by atoms with Crippen LogP contribution >= 0.6 is 0 Å². The van der Waals surface area contributed by atoms with Gasteiger partial charge in [-0.2, -0.15) is 0 Å². The average molecular weight is 268 g/mol. The third kappa shape index (κ3) is 2.23. The molecule has 0 aromatic heterocycles. The number of hydrogen-bond donors (Lipinski definition) is 0. The van der Waals surface area contributed by atoms with Crippen LogP contribution in [0.5, 0.6) is 17.2 Å². The number of methoxy groups -OCH3 is 2. The minimum Gasteiger partial charge on any atom is -0.497 e. The van der Waals surface area contributed by atoms with E-state index in [0.717, 1.165) is 28.4 Å². The second-order valence-electron chi connectivity index (χ2n) is 4.52. The Hall–Kier alpha value is -2.42. The zero-order valence-corrected chi connectivity index (χ0v) is 11.6. The van der Waals surface area contributed by atoms with Gasteiger partial charge >= 0.3 is 0 Å². The van der Waals surface area contributed by atoms with Crippen molar-refractivity contribution in [2.24, 2.45) is 0 Å². The van der Waals surface area contributed by atoms with Gasteiger partial charge < -0.3 is 14.2 Å². The van der Waals surface area contributed by atoms with Gasteiger partial charge in [-0.15, -0.1) is 0 Å². The second-order valence-corrected chi connectivity index (χ2v) is 4.52. The molecule has 0 amide bonds. The van der Waals surface area contributed by atoms with Crippen molar-refractivity contribution in [2.45, 2.75) is 0 Å².